The van der Waals surface area contributed by atoms with E-state index in [1.54, 1.807) is 0 Å². The van der Waals surface area contributed by atoms with Gasteiger partial charge in [0.25, 0.3) is 0 Å². The summed E-state index contributed by atoms with van der Waals surface area (Å²) in [7, 11) is 2.15. The molecule has 2 rings (SSSR count). The average molecular weight is 332 g/mol. The largest absolute Gasteiger partial charge is 0.393 e. The molecule has 1 atom stereocenters. The van der Waals surface area contributed by atoms with Gasteiger partial charge in [0.15, 0.2) is 5.96 Å². The summed E-state index contributed by atoms with van der Waals surface area (Å²) in [6.45, 7) is 8.64. The van der Waals surface area contributed by atoms with Crippen molar-refractivity contribution >= 4 is 5.96 Å². The number of likely N-dealkylation sites (tertiary alicyclic amines) is 1. The van der Waals surface area contributed by atoms with Crippen molar-refractivity contribution < 1.29 is 5.11 Å². The summed E-state index contributed by atoms with van der Waals surface area (Å²) in [5.74, 6) is 0.976. The molecule has 2 N–H and O–H groups in total. The third-order valence-electron chi connectivity index (χ3n) is 4.63. The molecule has 0 amide bonds. The van der Waals surface area contributed by atoms with Gasteiger partial charge in [-0.3, -0.25) is 9.89 Å². The SMILES string of the molecule is CCNC(=NCC(C)N(C)Cc1ccccc1)N1CCC(O)CC1. The van der Waals surface area contributed by atoms with Gasteiger partial charge in [-0.2, -0.15) is 0 Å². The zero-order chi connectivity index (χ0) is 17.4. The Labute approximate surface area is 146 Å². The van der Waals surface area contributed by atoms with Crippen LogP contribution in [0.5, 0.6) is 0 Å². The van der Waals surface area contributed by atoms with Crippen LogP contribution in [0, 0.1) is 0 Å². The van der Waals surface area contributed by atoms with Crippen molar-refractivity contribution in [2.75, 3.05) is 33.2 Å². The number of benzene rings is 1. The Hall–Kier alpha value is -1.59. The van der Waals surface area contributed by atoms with Crippen molar-refractivity contribution in [1.82, 2.24) is 15.1 Å². The molecule has 0 saturated carbocycles. The fourth-order valence-electron chi connectivity index (χ4n) is 2.89. The van der Waals surface area contributed by atoms with Gasteiger partial charge in [-0.25, -0.2) is 0 Å². The van der Waals surface area contributed by atoms with E-state index in [1.807, 2.05) is 0 Å². The van der Waals surface area contributed by atoms with E-state index in [9.17, 15) is 5.11 Å². The summed E-state index contributed by atoms with van der Waals surface area (Å²) in [4.78, 5) is 9.43. The third-order valence-corrected chi connectivity index (χ3v) is 4.63. The van der Waals surface area contributed by atoms with Crippen molar-refractivity contribution in [3.8, 4) is 0 Å². The quantitative estimate of drug-likeness (QED) is 0.617. The van der Waals surface area contributed by atoms with Crippen LogP contribution < -0.4 is 5.32 Å². The van der Waals surface area contributed by atoms with Gasteiger partial charge in [0.1, 0.15) is 0 Å². The molecule has 1 aliphatic rings. The summed E-state index contributed by atoms with van der Waals surface area (Å²) >= 11 is 0. The number of guanidine groups is 1. The van der Waals surface area contributed by atoms with Gasteiger partial charge in [-0.05, 0) is 39.3 Å². The average Bonchev–Trinajstić information content (AvgIpc) is 2.60. The predicted molar refractivity (Wildman–Crippen MR) is 100 cm³/mol. The van der Waals surface area contributed by atoms with Gasteiger partial charge in [0.05, 0.1) is 12.6 Å². The molecular formula is C19H32N4O. The van der Waals surface area contributed by atoms with Crippen LogP contribution in [0.1, 0.15) is 32.3 Å². The van der Waals surface area contributed by atoms with E-state index in [2.05, 4.69) is 66.3 Å². The van der Waals surface area contributed by atoms with E-state index in [-0.39, 0.29) is 6.10 Å². The summed E-state index contributed by atoms with van der Waals surface area (Å²) in [6.07, 6.45) is 1.50. The Bertz CT molecular complexity index is 497. The number of piperidine rings is 1. The summed E-state index contributed by atoms with van der Waals surface area (Å²) in [5.41, 5.74) is 1.33. The van der Waals surface area contributed by atoms with Gasteiger partial charge in [-0.1, -0.05) is 30.3 Å². The van der Waals surface area contributed by atoms with Crippen molar-refractivity contribution in [1.29, 1.82) is 0 Å². The van der Waals surface area contributed by atoms with Crippen LogP contribution in [0.2, 0.25) is 0 Å². The molecule has 1 saturated heterocycles. The number of aliphatic hydroxyl groups is 1. The Morgan fingerprint density at radius 3 is 2.62 bits per heavy atom. The minimum absolute atomic E-state index is 0.153. The van der Waals surface area contributed by atoms with Crippen molar-refractivity contribution in [2.45, 2.75) is 45.4 Å². The maximum absolute atomic E-state index is 9.68. The summed E-state index contributed by atoms with van der Waals surface area (Å²) in [6, 6.07) is 10.9. The molecule has 0 bridgehead atoms. The Morgan fingerprint density at radius 2 is 2.00 bits per heavy atom. The minimum atomic E-state index is -0.153. The van der Waals surface area contributed by atoms with Crippen molar-refractivity contribution in [3.63, 3.8) is 0 Å². The lowest BCUT2D eigenvalue weighted by molar-refractivity contribution is 0.108. The van der Waals surface area contributed by atoms with Crippen LogP contribution >= 0.6 is 0 Å². The second-order valence-electron chi connectivity index (χ2n) is 6.66. The highest BCUT2D eigenvalue weighted by Gasteiger charge is 2.20. The monoisotopic (exact) mass is 332 g/mol. The lowest BCUT2D eigenvalue weighted by Gasteiger charge is -2.33. The minimum Gasteiger partial charge on any atom is -0.393 e. The molecule has 0 aliphatic carbocycles. The highest BCUT2D eigenvalue weighted by Crippen LogP contribution is 2.11. The molecule has 0 radical (unpaired) electrons. The second kappa shape index (κ2) is 9.64. The predicted octanol–water partition coefficient (Wildman–Crippen LogP) is 1.93. The lowest BCUT2D eigenvalue weighted by atomic mass is 10.1. The van der Waals surface area contributed by atoms with Gasteiger partial charge in [0, 0.05) is 32.2 Å². The second-order valence-corrected chi connectivity index (χ2v) is 6.66. The molecule has 1 aliphatic heterocycles. The number of nitrogens with zero attached hydrogens (tertiary/aromatic N) is 3. The molecule has 0 aromatic heterocycles. The van der Waals surface area contributed by atoms with Crippen LogP contribution in [0.3, 0.4) is 0 Å². The standard InChI is InChI=1S/C19H32N4O/c1-4-20-19(23-12-10-18(24)11-13-23)21-14-16(2)22(3)15-17-8-6-5-7-9-17/h5-9,16,18,24H,4,10-15H2,1-3H3,(H,20,21). The first-order valence-corrected chi connectivity index (χ1v) is 9.05. The van der Waals surface area contributed by atoms with Crippen LogP contribution in [-0.2, 0) is 6.54 Å². The van der Waals surface area contributed by atoms with Crippen LogP contribution in [0.15, 0.2) is 35.3 Å². The normalized spacial score (nSPS) is 18.0. The zero-order valence-electron chi connectivity index (χ0n) is 15.3. The molecule has 24 heavy (non-hydrogen) atoms. The first kappa shape index (κ1) is 18.7. The molecule has 1 unspecified atom stereocenters. The zero-order valence-corrected chi connectivity index (χ0v) is 15.3. The fraction of sp³-hybridized carbons (Fsp3) is 0.632. The number of rotatable bonds is 6. The smallest absolute Gasteiger partial charge is 0.193 e. The Kier molecular flexibility index (Phi) is 7.53. The van der Waals surface area contributed by atoms with Crippen LogP contribution in [0.25, 0.3) is 0 Å². The van der Waals surface area contributed by atoms with E-state index in [1.165, 1.54) is 5.56 Å². The van der Waals surface area contributed by atoms with E-state index in [0.717, 1.165) is 51.5 Å². The first-order valence-electron chi connectivity index (χ1n) is 9.05. The molecular weight excluding hydrogens is 300 g/mol. The molecule has 5 heteroatoms. The van der Waals surface area contributed by atoms with Gasteiger partial charge >= 0.3 is 0 Å². The van der Waals surface area contributed by atoms with Gasteiger partial charge < -0.3 is 15.3 Å². The number of hydrogen-bond donors (Lipinski definition) is 2. The number of hydrogen-bond acceptors (Lipinski definition) is 3. The van der Waals surface area contributed by atoms with E-state index in [4.69, 9.17) is 4.99 Å². The summed E-state index contributed by atoms with van der Waals surface area (Å²) < 4.78 is 0. The molecule has 1 heterocycles. The molecule has 134 valence electrons. The molecule has 1 aromatic carbocycles. The van der Waals surface area contributed by atoms with Crippen molar-refractivity contribution in [2.24, 2.45) is 4.99 Å². The van der Waals surface area contributed by atoms with E-state index >= 15 is 0 Å². The Morgan fingerprint density at radius 1 is 1.33 bits per heavy atom. The third kappa shape index (κ3) is 5.80. The number of nitrogens with one attached hydrogen (secondary N) is 1. The molecule has 1 fully saturated rings. The van der Waals surface area contributed by atoms with Gasteiger partial charge in [-0.15, -0.1) is 0 Å². The highest BCUT2D eigenvalue weighted by molar-refractivity contribution is 5.80. The van der Waals surface area contributed by atoms with Gasteiger partial charge in [0.2, 0.25) is 0 Å². The molecule has 5 nitrogen and oxygen atoms in total. The maximum Gasteiger partial charge on any atom is 0.193 e. The molecule has 0 spiro atoms. The number of aliphatic imine (C=N–C) groups is 1. The first-order chi connectivity index (χ1) is 11.6. The number of likely N-dealkylation sites (N-methyl/N-ethyl adjacent to an activating group) is 1. The highest BCUT2D eigenvalue weighted by atomic mass is 16.3. The van der Waals surface area contributed by atoms with E-state index in [0.29, 0.717) is 6.04 Å². The maximum atomic E-state index is 9.68. The number of aliphatic hydroxyl groups excluding tert-OH is 1. The van der Waals surface area contributed by atoms with Crippen molar-refractivity contribution in [3.05, 3.63) is 35.9 Å². The van der Waals surface area contributed by atoms with Crippen LogP contribution in [-0.4, -0.2) is 66.2 Å². The van der Waals surface area contributed by atoms with E-state index < -0.39 is 0 Å². The Balaban J connectivity index is 1.89. The fourth-order valence-corrected chi connectivity index (χ4v) is 2.89. The lowest BCUT2D eigenvalue weighted by Crippen LogP contribution is -2.47. The van der Waals surface area contributed by atoms with Crippen LogP contribution in [0.4, 0.5) is 0 Å². The molecule has 1 aromatic rings. The topological polar surface area (TPSA) is 51.1 Å². The summed E-state index contributed by atoms with van der Waals surface area (Å²) in [5, 5.41) is 13.1.